The van der Waals surface area contributed by atoms with Crippen molar-refractivity contribution in [3.05, 3.63) is 0 Å². The minimum absolute atomic E-state index is 0.641. The molecule has 0 amide bonds. The van der Waals surface area contributed by atoms with Crippen LogP contribution in [0.5, 0.6) is 0 Å². The van der Waals surface area contributed by atoms with Gasteiger partial charge in [0.2, 0.25) is 0 Å². The number of aliphatic carboxylic acids is 1. The van der Waals surface area contributed by atoms with Crippen molar-refractivity contribution >= 4 is 17.6 Å². The average molecular weight is 174 g/mol. The number of hydrogen-bond donors (Lipinski definition) is 2. The normalized spacial score (nSPS) is 18.1. The highest BCUT2D eigenvalue weighted by molar-refractivity contribution is 6.24. The monoisotopic (exact) mass is 173 g/mol. The van der Waals surface area contributed by atoms with Crippen LogP contribution in [-0.4, -0.2) is 22.0 Å². The number of halogens is 3. The summed E-state index contributed by atoms with van der Waals surface area (Å²) in [5.41, 5.74) is 1.94. The van der Waals surface area contributed by atoms with Crippen LogP contribution in [0, 0.1) is 0 Å². The molecule has 0 aromatic rings. The highest BCUT2D eigenvalue weighted by atomic mass is 35.5. The summed E-state index contributed by atoms with van der Waals surface area (Å²) in [7, 11) is 0. The van der Waals surface area contributed by atoms with E-state index in [-0.39, 0.29) is 0 Å². The lowest BCUT2D eigenvalue weighted by molar-refractivity contribution is -0.151. The van der Waals surface area contributed by atoms with E-state index in [4.69, 9.17) is 5.11 Å². The third kappa shape index (κ3) is 1.54. The van der Waals surface area contributed by atoms with E-state index < -0.39 is 16.9 Å². The molecule has 0 aromatic heterocycles. The summed E-state index contributed by atoms with van der Waals surface area (Å²) in [6.45, 7) is 0.641. The molecule has 0 aliphatic carbocycles. The molecule has 0 bridgehead atoms. The fourth-order valence-corrected chi connectivity index (χ4v) is 0.202. The Labute approximate surface area is 60.8 Å². The van der Waals surface area contributed by atoms with Gasteiger partial charge in [-0.1, -0.05) is 0 Å². The van der Waals surface area contributed by atoms with E-state index in [9.17, 15) is 13.6 Å². The summed E-state index contributed by atoms with van der Waals surface area (Å²) in [5.74, 6) is -1.84. The standard InChI is InChI=1S/C4H6ClF2NO2/c1-3(8,2(9)10)4(5,6)7/h8H2,1H3,(H,9,10)/t3-/m0/s1. The van der Waals surface area contributed by atoms with E-state index in [1.54, 1.807) is 0 Å². The first-order chi connectivity index (χ1) is 4.19. The summed E-state index contributed by atoms with van der Waals surface area (Å²) in [4.78, 5) is 9.98. The molecular formula is C4H6ClF2NO2. The van der Waals surface area contributed by atoms with Crippen LogP contribution in [-0.2, 0) is 4.79 Å². The Hall–Kier alpha value is -0.420. The lowest BCUT2D eigenvalue weighted by Crippen LogP contribution is -2.56. The van der Waals surface area contributed by atoms with Gasteiger partial charge in [0.1, 0.15) is 0 Å². The number of alkyl halides is 3. The maximum Gasteiger partial charge on any atom is 0.349 e. The molecule has 10 heavy (non-hydrogen) atoms. The molecule has 0 fully saturated rings. The van der Waals surface area contributed by atoms with E-state index in [1.165, 1.54) is 0 Å². The molecule has 0 saturated heterocycles. The zero-order chi connectivity index (χ0) is 8.58. The van der Waals surface area contributed by atoms with Gasteiger partial charge >= 0.3 is 11.4 Å². The highest BCUT2D eigenvalue weighted by Gasteiger charge is 2.52. The van der Waals surface area contributed by atoms with Crippen LogP contribution in [0.15, 0.2) is 0 Å². The lowest BCUT2D eigenvalue weighted by atomic mass is 10.1. The Morgan fingerprint density at radius 1 is 1.70 bits per heavy atom. The third-order valence-electron chi connectivity index (χ3n) is 1.03. The Morgan fingerprint density at radius 3 is 2.00 bits per heavy atom. The summed E-state index contributed by atoms with van der Waals surface area (Å²) in [6.07, 6.45) is 0. The van der Waals surface area contributed by atoms with Gasteiger partial charge in [0, 0.05) is 0 Å². The summed E-state index contributed by atoms with van der Waals surface area (Å²) in [6, 6.07) is 0. The van der Waals surface area contributed by atoms with Crippen LogP contribution in [0.3, 0.4) is 0 Å². The van der Waals surface area contributed by atoms with Crippen LogP contribution in [0.4, 0.5) is 8.78 Å². The van der Waals surface area contributed by atoms with Crippen LogP contribution >= 0.6 is 11.6 Å². The number of hydrogen-bond acceptors (Lipinski definition) is 2. The minimum Gasteiger partial charge on any atom is -0.480 e. The SMILES string of the molecule is C[C@](N)(C(=O)O)C(F)(F)Cl. The fraction of sp³-hybridized carbons (Fsp3) is 0.750. The zero-order valence-electron chi connectivity index (χ0n) is 5.07. The number of nitrogens with two attached hydrogens (primary N) is 1. The van der Waals surface area contributed by atoms with E-state index in [0.717, 1.165) is 0 Å². The quantitative estimate of drug-likeness (QED) is 0.602. The first-order valence-electron chi connectivity index (χ1n) is 2.28. The molecule has 0 saturated carbocycles. The van der Waals surface area contributed by atoms with Crippen molar-refractivity contribution in [2.45, 2.75) is 17.8 Å². The van der Waals surface area contributed by atoms with Gasteiger partial charge in [-0.25, -0.2) is 4.79 Å². The Bertz CT molecular complexity index is 154. The summed E-state index contributed by atoms with van der Waals surface area (Å²) < 4.78 is 24.0. The molecule has 6 heteroatoms. The molecule has 60 valence electrons. The number of carboxylic acids is 1. The Kier molecular flexibility index (Phi) is 2.22. The highest BCUT2D eigenvalue weighted by Crippen LogP contribution is 2.30. The largest absolute Gasteiger partial charge is 0.480 e. The Morgan fingerprint density at radius 2 is 2.00 bits per heavy atom. The predicted octanol–water partition coefficient (Wildman–Crippen LogP) is 0.620. The molecule has 0 aromatic carbocycles. The van der Waals surface area contributed by atoms with Crippen LogP contribution < -0.4 is 5.73 Å². The minimum atomic E-state index is -3.93. The molecule has 3 nitrogen and oxygen atoms in total. The molecule has 0 spiro atoms. The van der Waals surface area contributed by atoms with Gasteiger partial charge in [0.05, 0.1) is 0 Å². The van der Waals surface area contributed by atoms with Crippen molar-refractivity contribution in [3.8, 4) is 0 Å². The van der Waals surface area contributed by atoms with Crippen molar-refractivity contribution in [2.24, 2.45) is 5.73 Å². The van der Waals surface area contributed by atoms with Gasteiger partial charge in [-0.3, -0.25) is 0 Å². The molecule has 0 aliphatic rings. The van der Waals surface area contributed by atoms with Gasteiger partial charge in [0.25, 0.3) is 0 Å². The molecule has 0 radical (unpaired) electrons. The first-order valence-corrected chi connectivity index (χ1v) is 2.66. The van der Waals surface area contributed by atoms with Crippen molar-refractivity contribution in [2.75, 3.05) is 0 Å². The zero-order valence-corrected chi connectivity index (χ0v) is 5.82. The molecule has 3 N–H and O–H groups in total. The Balaban J connectivity index is 4.57. The molecule has 1 atom stereocenters. The molecular weight excluding hydrogens is 167 g/mol. The van der Waals surface area contributed by atoms with Gasteiger partial charge in [-0.2, -0.15) is 8.78 Å². The van der Waals surface area contributed by atoms with Crippen LogP contribution in [0.25, 0.3) is 0 Å². The maximum atomic E-state index is 12.0. The van der Waals surface area contributed by atoms with Crippen LogP contribution in [0.1, 0.15) is 6.92 Å². The van der Waals surface area contributed by atoms with E-state index in [1.807, 2.05) is 0 Å². The van der Waals surface area contributed by atoms with E-state index >= 15 is 0 Å². The molecule has 0 unspecified atom stereocenters. The second-order valence-electron chi connectivity index (χ2n) is 2.01. The van der Waals surface area contributed by atoms with Gasteiger partial charge in [0.15, 0.2) is 5.54 Å². The smallest absolute Gasteiger partial charge is 0.349 e. The lowest BCUT2D eigenvalue weighted by Gasteiger charge is -2.23. The molecule has 0 rings (SSSR count). The van der Waals surface area contributed by atoms with E-state index in [2.05, 4.69) is 17.3 Å². The first kappa shape index (κ1) is 9.58. The van der Waals surface area contributed by atoms with Crippen molar-refractivity contribution < 1.29 is 18.7 Å². The van der Waals surface area contributed by atoms with Crippen molar-refractivity contribution in [1.82, 2.24) is 0 Å². The summed E-state index contributed by atoms with van der Waals surface area (Å²) >= 11 is 4.38. The second-order valence-corrected chi connectivity index (χ2v) is 2.48. The topological polar surface area (TPSA) is 63.3 Å². The molecule has 0 heterocycles. The second kappa shape index (κ2) is 2.32. The average Bonchev–Trinajstić information content (AvgIpc) is 1.62. The fourth-order valence-electron chi connectivity index (χ4n) is 0.121. The van der Waals surface area contributed by atoms with Gasteiger partial charge in [-0.05, 0) is 18.5 Å². The third-order valence-corrected chi connectivity index (χ3v) is 1.43. The van der Waals surface area contributed by atoms with Crippen molar-refractivity contribution in [1.29, 1.82) is 0 Å². The van der Waals surface area contributed by atoms with E-state index in [0.29, 0.717) is 6.92 Å². The van der Waals surface area contributed by atoms with Crippen molar-refractivity contribution in [3.63, 3.8) is 0 Å². The number of carboxylic acid groups (broad SMARTS) is 1. The maximum absolute atomic E-state index is 12.0. The summed E-state index contributed by atoms with van der Waals surface area (Å²) in [5, 5.41) is 4.16. The van der Waals surface area contributed by atoms with Crippen LogP contribution in [0.2, 0.25) is 0 Å². The van der Waals surface area contributed by atoms with Gasteiger partial charge in [-0.15, -0.1) is 0 Å². The number of carbonyl (C=O) groups is 1. The molecule has 0 aliphatic heterocycles. The predicted molar refractivity (Wildman–Crippen MR) is 31.0 cm³/mol. The number of rotatable bonds is 2. The van der Waals surface area contributed by atoms with Gasteiger partial charge < -0.3 is 10.8 Å².